The van der Waals surface area contributed by atoms with Crippen molar-refractivity contribution >= 4 is 37.7 Å². The first-order valence-corrected chi connectivity index (χ1v) is 7.32. The number of aromatic nitrogens is 1. The Hall–Kier alpha value is -0.180. The topological polar surface area (TPSA) is 73.1 Å². The molecule has 0 bridgehead atoms. The van der Waals surface area contributed by atoms with E-state index in [4.69, 9.17) is 5.14 Å². The molecule has 0 aliphatic carbocycles. The van der Waals surface area contributed by atoms with Gasteiger partial charge in [0.2, 0.25) is 10.0 Å². The standard InChI is InChI=1S/C7H8BrFN2O2S2/c8-5-3-6(9)7(11-4-5)14-1-2-15(10,12)13/h3-4H,1-2H2,(H2,10,12,13). The zero-order valence-corrected chi connectivity index (χ0v) is 10.7. The second kappa shape index (κ2) is 5.24. The maximum Gasteiger partial charge on any atom is 0.209 e. The van der Waals surface area contributed by atoms with Gasteiger partial charge in [0.1, 0.15) is 5.03 Å². The highest BCUT2D eigenvalue weighted by Gasteiger charge is 2.07. The minimum absolute atomic E-state index is 0.168. The van der Waals surface area contributed by atoms with Crippen LogP contribution in [-0.2, 0) is 10.0 Å². The molecular weight excluding hydrogens is 307 g/mol. The Morgan fingerprint density at radius 3 is 2.80 bits per heavy atom. The monoisotopic (exact) mass is 314 g/mol. The van der Waals surface area contributed by atoms with Crippen molar-refractivity contribution in [1.29, 1.82) is 0 Å². The predicted octanol–water partition coefficient (Wildman–Crippen LogP) is 1.36. The molecule has 1 aromatic rings. The van der Waals surface area contributed by atoms with Gasteiger partial charge >= 0.3 is 0 Å². The maximum atomic E-state index is 13.2. The van der Waals surface area contributed by atoms with Gasteiger partial charge < -0.3 is 0 Å². The minimum atomic E-state index is -3.50. The van der Waals surface area contributed by atoms with E-state index in [1.165, 1.54) is 12.3 Å². The van der Waals surface area contributed by atoms with E-state index in [0.717, 1.165) is 11.8 Å². The van der Waals surface area contributed by atoms with Crippen LogP contribution in [0, 0.1) is 5.82 Å². The molecule has 0 unspecified atom stereocenters. The van der Waals surface area contributed by atoms with Crippen molar-refractivity contribution in [2.75, 3.05) is 11.5 Å². The summed E-state index contributed by atoms with van der Waals surface area (Å²) in [5, 5.41) is 4.97. The van der Waals surface area contributed by atoms with Crippen molar-refractivity contribution < 1.29 is 12.8 Å². The molecule has 0 saturated carbocycles. The van der Waals surface area contributed by atoms with Gasteiger partial charge in [-0.25, -0.2) is 22.9 Å². The molecule has 0 radical (unpaired) electrons. The zero-order chi connectivity index (χ0) is 11.5. The molecule has 1 rings (SSSR count). The zero-order valence-electron chi connectivity index (χ0n) is 7.48. The molecule has 4 nitrogen and oxygen atoms in total. The summed E-state index contributed by atoms with van der Waals surface area (Å²) < 4.78 is 34.9. The molecule has 0 saturated heterocycles. The van der Waals surface area contributed by atoms with E-state index in [-0.39, 0.29) is 16.5 Å². The number of hydrogen-bond donors (Lipinski definition) is 1. The third kappa shape index (κ3) is 4.92. The lowest BCUT2D eigenvalue weighted by Crippen LogP contribution is -2.17. The Morgan fingerprint density at radius 2 is 2.27 bits per heavy atom. The molecule has 0 spiro atoms. The number of sulfonamides is 1. The molecule has 0 fully saturated rings. The molecule has 0 aromatic carbocycles. The fraction of sp³-hybridized carbons (Fsp3) is 0.286. The van der Waals surface area contributed by atoms with Gasteiger partial charge in [-0.15, -0.1) is 11.8 Å². The average Bonchev–Trinajstić information content (AvgIpc) is 2.07. The van der Waals surface area contributed by atoms with Crippen molar-refractivity contribution in [3.05, 3.63) is 22.6 Å². The number of nitrogens with zero attached hydrogens (tertiary/aromatic N) is 1. The highest BCUT2D eigenvalue weighted by molar-refractivity contribution is 9.10. The summed E-state index contributed by atoms with van der Waals surface area (Å²) in [4.78, 5) is 3.80. The number of hydrogen-bond acceptors (Lipinski definition) is 4. The maximum absolute atomic E-state index is 13.2. The van der Waals surface area contributed by atoms with Crippen LogP contribution in [0.25, 0.3) is 0 Å². The fourth-order valence-electron chi connectivity index (χ4n) is 0.763. The van der Waals surface area contributed by atoms with Crippen LogP contribution in [0.2, 0.25) is 0 Å². The second-order valence-corrected chi connectivity index (χ2v) is 6.39. The Bertz CT molecular complexity index is 452. The molecule has 0 amide bonds. The molecule has 1 aromatic heterocycles. The normalized spacial score (nSPS) is 11.7. The highest BCUT2D eigenvalue weighted by Crippen LogP contribution is 2.21. The minimum Gasteiger partial charge on any atom is -0.246 e. The van der Waals surface area contributed by atoms with Crippen LogP contribution in [-0.4, -0.2) is 24.9 Å². The number of thioether (sulfide) groups is 1. The van der Waals surface area contributed by atoms with Gasteiger partial charge in [0.15, 0.2) is 5.82 Å². The van der Waals surface area contributed by atoms with E-state index in [1.54, 1.807) is 0 Å². The summed E-state index contributed by atoms with van der Waals surface area (Å²) in [5.41, 5.74) is 0. The largest absolute Gasteiger partial charge is 0.246 e. The molecule has 15 heavy (non-hydrogen) atoms. The van der Waals surface area contributed by atoms with E-state index < -0.39 is 15.8 Å². The molecular formula is C7H8BrFN2O2S2. The van der Waals surface area contributed by atoms with Gasteiger partial charge in [-0.1, -0.05) is 0 Å². The molecule has 1 heterocycles. The third-order valence-corrected chi connectivity index (χ3v) is 3.83. The second-order valence-electron chi connectivity index (χ2n) is 2.66. The van der Waals surface area contributed by atoms with Crippen molar-refractivity contribution in [3.63, 3.8) is 0 Å². The fourth-order valence-corrected chi connectivity index (χ4v) is 2.85. The van der Waals surface area contributed by atoms with Crippen LogP contribution in [0.3, 0.4) is 0 Å². The summed E-state index contributed by atoms with van der Waals surface area (Å²) in [6, 6.07) is 1.27. The Labute approximate surface area is 99.6 Å². The Kier molecular flexibility index (Phi) is 4.50. The van der Waals surface area contributed by atoms with E-state index in [2.05, 4.69) is 20.9 Å². The molecule has 2 N–H and O–H groups in total. The number of halogens is 2. The van der Waals surface area contributed by atoms with Crippen LogP contribution in [0.15, 0.2) is 21.8 Å². The summed E-state index contributed by atoms with van der Waals surface area (Å²) in [6.07, 6.45) is 1.45. The first-order valence-electron chi connectivity index (χ1n) is 3.83. The molecule has 8 heteroatoms. The van der Waals surface area contributed by atoms with Gasteiger partial charge in [-0.3, -0.25) is 0 Å². The molecule has 0 aliphatic rings. The summed E-state index contributed by atoms with van der Waals surface area (Å²) in [5.74, 6) is -0.497. The first kappa shape index (κ1) is 12.9. The first-order chi connectivity index (χ1) is 6.88. The van der Waals surface area contributed by atoms with Crippen LogP contribution < -0.4 is 5.14 Å². The quantitative estimate of drug-likeness (QED) is 0.852. The number of pyridine rings is 1. The van der Waals surface area contributed by atoms with Crippen molar-refractivity contribution in [1.82, 2.24) is 4.98 Å². The third-order valence-electron chi connectivity index (χ3n) is 1.38. The van der Waals surface area contributed by atoms with Crippen molar-refractivity contribution in [3.8, 4) is 0 Å². The van der Waals surface area contributed by atoms with Gasteiger partial charge in [-0.2, -0.15) is 0 Å². The van der Waals surface area contributed by atoms with Crippen molar-refractivity contribution in [2.24, 2.45) is 5.14 Å². The van der Waals surface area contributed by atoms with Gasteiger partial charge in [-0.05, 0) is 22.0 Å². The van der Waals surface area contributed by atoms with Gasteiger partial charge in [0.05, 0.1) is 5.75 Å². The number of rotatable bonds is 4. The van der Waals surface area contributed by atoms with Crippen LogP contribution in [0.1, 0.15) is 0 Å². The van der Waals surface area contributed by atoms with Gasteiger partial charge in [0, 0.05) is 16.4 Å². The number of primary sulfonamides is 1. The van der Waals surface area contributed by atoms with E-state index in [1.807, 2.05) is 0 Å². The van der Waals surface area contributed by atoms with E-state index >= 15 is 0 Å². The lowest BCUT2D eigenvalue weighted by Gasteiger charge is -2.01. The van der Waals surface area contributed by atoms with Crippen LogP contribution in [0.4, 0.5) is 4.39 Å². The molecule has 0 atom stereocenters. The lowest BCUT2D eigenvalue weighted by atomic mass is 10.5. The molecule has 84 valence electrons. The summed E-state index contributed by atoms with van der Waals surface area (Å²) >= 11 is 4.09. The molecule has 0 aliphatic heterocycles. The summed E-state index contributed by atoms with van der Waals surface area (Å²) in [6.45, 7) is 0. The van der Waals surface area contributed by atoms with E-state index in [9.17, 15) is 12.8 Å². The lowest BCUT2D eigenvalue weighted by molar-refractivity contribution is 0.586. The van der Waals surface area contributed by atoms with E-state index in [0.29, 0.717) is 4.47 Å². The SMILES string of the molecule is NS(=O)(=O)CCSc1ncc(Br)cc1F. The predicted molar refractivity (Wildman–Crippen MR) is 60.6 cm³/mol. The van der Waals surface area contributed by atoms with Gasteiger partial charge in [0.25, 0.3) is 0 Å². The summed E-state index contributed by atoms with van der Waals surface area (Å²) in [7, 11) is -3.50. The smallest absolute Gasteiger partial charge is 0.209 e. The van der Waals surface area contributed by atoms with Crippen LogP contribution in [0.5, 0.6) is 0 Å². The Balaban J connectivity index is 2.59. The van der Waals surface area contributed by atoms with Crippen LogP contribution >= 0.6 is 27.7 Å². The number of nitrogens with two attached hydrogens (primary N) is 1. The van der Waals surface area contributed by atoms with Crippen molar-refractivity contribution in [2.45, 2.75) is 5.03 Å². The highest BCUT2D eigenvalue weighted by atomic mass is 79.9. The Morgan fingerprint density at radius 1 is 1.60 bits per heavy atom. The average molecular weight is 315 g/mol.